The molecule has 0 radical (unpaired) electrons. The van der Waals surface area contributed by atoms with Crippen LogP contribution >= 0.6 is 11.8 Å². The number of hydrogen-bond donors (Lipinski definition) is 0. The van der Waals surface area contributed by atoms with Gasteiger partial charge in [0.1, 0.15) is 5.75 Å². The molecule has 0 atom stereocenters. The lowest BCUT2D eigenvalue weighted by atomic mass is 9.87. The first kappa shape index (κ1) is 22.1. The fraction of sp³-hybridized carbons (Fsp3) is 0.269. The van der Waals surface area contributed by atoms with Crippen molar-refractivity contribution in [3.8, 4) is 22.8 Å². The van der Waals surface area contributed by atoms with Crippen molar-refractivity contribution >= 4 is 11.8 Å². The average molecular weight is 445 g/mol. The molecular formula is C26H28N4OS. The predicted molar refractivity (Wildman–Crippen MR) is 130 cm³/mol. The SMILES string of the molecule is CCOc1ccc(-n2c(SCc3ccc(C(C)(C)C)cc3)nnc2-c2ccncc2)cc1. The molecular weight excluding hydrogens is 416 g/mol. The van der Waals surface area contributed by atoms with Crippen LogP contribution in [0.1, 0.15) is 38.8 Å². The first-order valence-electron chi connectivity index (χ1n) is 10.8. The van der Waals surface area contributed by atoms with E-state index in [2.05, 4.69) is 64.8 Å². The van der Waals surface area contributed by atoms with Gasteiger partial charge in [-0.25, -0.2) is 0 Å². The van der Waals surface area contributed by atoms with Crippen LogP contribution in [0.2, 0.25) is 0 Å². The smallest absolute Gasteiger partial charge is 0.196 e. The zero-order valence-electron chi connectivity index (χ0n) is 18.9. The summed E-state index contributed by atoms with van der Waals surface area (Å²) in [6, 6.07) is 20.8. The molecule has 4 aromatic rings. The summed E-state index contributed by atoms with van der Waals surface area (Å²) in [5, 5.41) is 9.89. The Morgan fingerprint density at radius 2 is 1.56 bits per heavy atom. The minimum absolute atomic E-state index is 0.152. The maximum atomic E-state index is 5.61. The highest BCUT2D eigenvalue weighted by Crippen LogP contribution is 2.31. The molecule has 32 heavy (non-hydrogen) atoms. The summed E-state index contributed by atoms with van der Waals surface area (Å²) in [6.45, 7) is 9.32. The number of hydrogen-bond acceptors (Lipinski definition) is 5. The Bertz CT molecular complexity index is 1150. The van der Waals surface area contributed by atoms with Crippen molar-refractivity contribution in [2.75, 3.05) is 6.61 Å². The Balaban J connectivity index is 1.64. The molecule has 2 heterocycles. The fourth-order valence-corrected chi connectivity index (χ4v) is 4.30. The first-order valence-corrected chi connectivity index (χ1v) is 11.8. The summed E-state index contributed by atoms with van der Waals surface area (Å²) in [5.74, 6) is 2.46. The van der Waals surface area contributed by atoms with E-state index in [1.165, 1.54) is 11.1 Å². The third-order valence-corrected chi connectivity index (χ3v) is 6.17. The third kappa shape index (κ3) is 5.02. The second kappa shape index (κ2) is 9.57. The number of nitrogens with zero attached hydrogens (tertiary/aromatic N) is 4. The highest BCUT2D eigenvalue weighted by molar-refractivity contribution is 7.98. The molecule has 0 amide bonds. The molecule has 5 nitrogen and oxygen atoms in total. The molecule has 0 fully saturated rings. The van der Waals surface area contributed by atoms with E-state index in [4.69, 9.17) is 4.74 Å². The number of rotatable bonds is 7. The summed E-state index contributed by atoms with van der Waals surface area (Å²) in [6.07, 6.45) is 3.55. The lowest BCUT2D eigenvalue weighted by molar-refractivity contribution is 0.340. The predicted octanol–water partition coefficient (Wildman–Crippen LogP) is 6.32. The summed E-state index contributed by atoms with van der Waals surface area (Å²) in [7, 11) is 0. The Hall–Kier alpha value is -3.12. The molecule has 0 aliphatic heterocycles. The molecule has 0 aliphatic carbocycles. The maximum Gasteiger partial charge on any atom is 0.196 e. The van der Waals surface area contributed by atoms with E-state index in [-0.39, 0.29) is 5.41 Å². The largest absolute Gasteiger partial charge is 0.494 e. The van der Waals surface area contributed by atoms with Crippen molar-refractivity contribution in [1.29, 1.82) is 0 Å². The van der Waals surface area contributed by atoms with Crippen LogP contribution in [-0.2, 0) is 11.2 Å². The third-order valence-electron chi connectivity index (χ3n) is 5.17. The molecule has 0 saturated carbocycles. The van der Waals surface area contributed by atoms with Crippen molar-refractivity contribution in [3.05, 3.63) is 84.2 Å². The van der Waals surface area contributed by atoms with Crippen molar-refractivity contribution in [2.24, 2.45) is 0 Å². The Kier molecular flexibility index (Phi) is 6.61. The van der Waals surface area contributed by atoms with Crippen molar-refractivity contribution in [3.63, 3.8) is 0 Å². The number of ether oxygens (including phenoxy) is 1. The lowest BCUT2D eigenvalue weighted by Crippen LogP contribution is -2.10. The number of thioether (sulfide) groups is 1. The van der Waals surface area contributed by atoms with E-state index in [9.17, 15) is 0 Å². The summed E-state index contributed by atoms with van der Waals surface area (Å²) in [5.41, 5.74) is 4.72. The molecule has 0 spiro atoms. The van der Waals surface area contributed by atoms with Gasteiger partial charge in [-0.05, 0) is 59.9 Å². The zero-order chi connectivity index (χ0) is 22.6. The van der Waals surface area contributed by atoms with Gasteiger partial charge in [-0.1, -0.05) is 56.8 Å². The first-order chi connectivity index (χ1) is 15.5. The highest BCUT2D eigenvalue weighted by Gasteiger charge is 2.17. The van der Waals surface area contributed by atoms with Gasteiger partial charge in [0.25, 0.3) is 0 Å². The van der Waals surface area contributed by atoms with Crippen LogP contribution in [0.5, 0.6) is 5.75 Å². The number of aromatic nitrogens is 4. The Morgan fingerprint density at radius 3 is 2.19 bits per heavy atom. The van der Waals surface area contributed by atoms with Crippen LogP contribution in [0.3, 0.4) is 0 Å². The Morgan fingerprint density at radius 1 is 0.875 bits per heavy atom. The van der Waals surface area contributed by atoms with Crippen LogP contribution in [0.15, 0.2) is 78.2 Å². The van der Waals surface area contributed by atoms with Gasteiger partial charge in [-0.3, -0.25) is 9.55 Å². The molecule has 0 saturated heterocycles. The van der Waals surface area contributed by atoms with Crippen molar-refractivity contribution < 1.29 is 4.74 Å². The second-order valence-corrected chi connectivity index (χ2v) is 9.48. The second-order valence-electron chi connectivity index (χ2n) is 8.54. The van der Waals surface area contributed by atoms with Crippen LogP contribution in [-0.4, -0.2) is 26.4 Å². The molecule has 0 N–H and O–H groups in total. The van der Waals surface area contributed by atoms with Gasteiger partial charge in [-0.15, -0.1) is 10.2 Å². The minimum Gasteiger partial charge on any atom is -0.494 e. The highest BCUT2D eigenvalue weighted by atomic mass is 32.2. The Labute approximate surface area is 193 Å². The van der Waals surface area contributed by atoms with Gasteiger partial charge in [0.05, 0.1) is 6.61 Å². The van der Waals surface area contributed by atoms with E-state index in [1.54, 1.807) is 24.2 Å². The van der Waals surface area contributed by atoms with E-state index in [0.29, 0.717) is 6.61 Å². The lowest BCUT2D eigenvalue weighted by Gasteiger charge is -2.19. The van der Waals surface area contributed by atoms with Crippen LogP contribution in [0.4, 0.5) is 0 Å². The van der Waals surface area contributed by atoms with Gasteiger partial charge in [0.2, 0.25) is 0 Å². The molecule has 0 aliphatic rings. The van der Waals surface area contributed by atoms with Crippen LogP contribution in [0.25, 0.3) is 17.1 Å². The molecule has 2 aromatic carbocycles. The van der Waals surface area contributed by atoms with Gasteiger partial charge in [-0.2, -0.15) is 0 Å². The molecule has 0 unspecified atom stereocenters. The normalized spacial score (nSPS) is 11.5. The van der Waals surface area contributed by atoms with E-state index >= 15 is 0 Å². The van der Waals surface area contributed by atoms with E-state index in [0.717, 1.165) is 33.7 Å². The minimum atomic E-state index is 0.152. The van der Waals surface area contributed by atoms with Gasteiger partial charge in [0, 0.05) is 29.4 Å². The van der Waals surface area contributed by atoms with Gasteiger partial charge in [0.15, 0.2) is 11.0 Å². The molecule has 0 bridgehead atoms. The molecule has 4 rings (SSSR count). The topological polar surface area (TPSA) is 52.8 Å². The maximum absolute atomic E-state index is 5.61. The van der Waals surface area contributed by atoms with Crippen LogP contribution in [0, 0.1) is 0 Å². The van der Waals surface area contributed by atoms with Crippen molar-refractivity contribution in [2.45, 2.75) is 44.0 Å². The van der Waals surface area contributed by atoms with Gasteiger partial charge < -0.3 is 4.74 Å². The molecule has 2 aromatic heterocycles. The molecule has 6 heteroatoms. The van der Waals surface area contributed by atoms with Gasteiger partial charge >= 0.3 is 0 Å². The monoisotopic (exact) mass is 444 g/mol. The summed E-state index contributed by atoms with van der Waals surface area (Å²) >= 11 is 1.68. The fourth-order valence-electron chi connectivity index (χ4n) is 3.39. The van der Waals surface area contributed by atoms with E-state index in [1.807, 2.05) is 43.3 Å². The number of pyridine rings is 1. The zero-order valence-corrected chi connectivity index (χ0v) is 19.8. The van der Waals surface area contributed by atoms with Crippen molar-refractivity contribution in [1.82, 2.24) is 19.7 Å². The van der Waals surface area contributed by atoms with Crippen LogP contribution < -0.4 is 4.74 Å². The summed E-state index contributed by atoms with van der Waals surface area (Å²) in [4.78, 5) is 4.13. The summed E-state index contributed by atoms with van der Waals surface area (Å²) < 4.78 is 7.70. The number of benzene rings is 2. The standard InChI is InChI=1S/C26H28N4OS/c1-5-31-23-12-10-22(11-13-23)30-24(20-14-16-27-17-15-20)28-29-25(30)32-18-19-6-8-21(9-7-19)26(2,3)4/h6-17H,5,18H2,1-4H3. The average Bonchev–Trinajstić information content (AvgIpc) is 3.23. The quantitative estimate of drug-likeness (QED) is 0.312. The van der Waals surface area contributed by atoms with E-state index < -0.39 is 0 Å². The molecule has 164 valence electrons.